The van der Waals surface area contributed by atoms with Crippen molar-refractivity contribution in [2.45, 2.75) is 0 Å². The molecule has 0 amide bonds. The normalized spacial score (nSPS) is 8.57. The molecule has 1 aromatic rings. The fraction of sp³-hybridized carbons (Fsp3) is 0. The Bertz CT molecular complexity index is 145. The van der Waals surface area contributed by atoms with E-state index < -0.39 is 0 Å². The Labute approximate surface area is 54.4 Å². The van der Waals surface area contributed by atoms with Gasteiger partial charge in [0.15, 0.2) is 0 Å². The molecule has 0 atom stereocenters. The van der Waals surface area contributed by atoms with E-state index in [1.807, 2.05) is 25.9 Å². The van der Waals surface area contributed by atoms with Crippen molar-refractivity contribution >= 4 is 25.9 Å². The summed E-state index contributed by atoms with van der Waals surface area (Å²) in [6.07, 6.45) is 3.54. The van der Waals surface area contributed by atoms with E-state index in [-0.39, 0.29) is 0 Å². The van der Waals surface area contributed by atoms with Crippen LogP contribution in [-0.4, -0.2) is 35.8 Å². The molecule has 0 radical (unpaired) electrons. The molecule has 0 aliphatic rings. The van der Waals surface area contributed by atoms with Gasteiger partial charge < -0.3 is 0 Å². The minimum absolute atomic E-state index is 0.935. The van der Waals surface area contributed by atoms with Gasteiger partial charge in [-0.05, 0) is 0 Å². The molecular formula is C4H4N2Te. The van der Waals surface area contributed by atoms with Gasteiger partial charge in [0.05, 0.1) is 0 Å². The fourth-order valence-electron chi connectivity index (χ4n) is 0.342. The Morgan fingerprint density at radius 3 is 3.00 bits per heavy atom. The predicted molar refractivity (Wildman–Crippen MR) is 29.5 cm³/mol. The summed E-state index contributed by atoms with van der Waals surface area (Å²) in [6.45, 7) is 0. The third kappa shape index (κ3) is 1.12. The van der Waals surface area contributed by atoms with Gasteiger partial charge in [0.1, 0.15) is 0 Å². The van der Waals surface area contributed by atoms with Crippen molar-refractivity contribution in [1.29, 1.82) is 0 Å². The second-order valence-corrected chi connectivity index (χ2v) is 1.76. The number of hydrogen-bond donors (Lipinski definition) is 1. The Balaban J connectivity index is 2.96. The summed E-state index contributed by atoms with van der Waals surface area (Å²) in [5.74, 6) is 0.935. The van der Waals surface area contributed by atoms with Gasteiger partial charge in [0, 0.05) is 0 Å². The molecule has 1 aromatic heterocycles. The Morgan fingerprint density at radius 1 is 1.86 bits per heavy atom. The van der Waals surface area contributed by atoms with Crippen LogP contribution in [0.5, 0.6) is 0 Å². The monoisotopic (exact) mass is 210 g/mol. The van der Waals surface area contributed by atoms with Crippen LogP contribution in [0.25, 0.3) is 0 Å². The summed E-state index contributed by atoms with van der Waals surface area (Å²) in [6, 6.07) is 0. The number of H-pyrrole nitrogens is 1. The van der Waals surface area contributed by atoms with Crippen molar-refractivity contribution in [1.82, 2.24) is 9.97 Å². The first-order chi connectivity index (χ1) is 3.43. The first-order valence-corrected chi connectivity index (χ1v) is 3.22. The van der Waals surface area contributed by atoms with E-state index in [0.717, 1.165) is 5.82 Å². The molecule has 0 aliphatic heterocycles. The van der Waals surface area contributed by atoms with Crippen molar-refractivity contribution in [3.63, 3.8) is 0 Å². The summed E-state index contributed by atoms with van der Waals surface area (Å²) >= 11 is 1.88. The molecule has 0 saturated carbocycles. The van der Waals surface area contributed by atoms with Crippen LogP contribution < -0.4 is 0 Å². The third-order valence-corrected chi connectivity index (χ3v) is 1.27. The van der Waals surface area contributed by atoms with Crippen molar-refractivity contribution in [3.05, 3.63) is 18.2 Å². The van der Waals surface area contributed by atoms with E-state index >= 15 is 0 Å². The number of rotatable bonds is 1. The molecule has 3 heteroatoms. The molecule has 1 N–H and O–H groups in total. The van der Waals surface area contributed by atoms with E-state index in [2.05, 4.69) is 9.97 Å². The second-order valence-electron chi connectivity index (χ2n) is 1.09. The number of hydrogen-bond acceptors (Lipinski definition) is 1. The molecule has 2 nitrogen and oxygen atoms in total. The number of nitrogens with zero attached hydrogens (tertiary/aromatic N) is 1. The average molecular weight is 208 g/mol. The summed E-state index contributed by atoms with van der Waals surface area (Å²) in [4.78, 5) is 6.85. The van der Waals surface area contributed by atoms with Crippen molar-refractivity contribution in [2.75, 3.05) is 0 Å². The Hall–Kier alpha value is -0.130. The van der Waals surface area contributed by atoms with E-state index in [9.17, 15) is 0 Å². The van der Waals surface area contributed by atoms with Crippen LogP contribution in [0.2, 0.25) is 0 Å². The SMILES string of the molecule is [Te]=Cc1ncc[nH]1. The Morgan fingerprint density at radius 2 is 2.71 bits per heavy atom. The van der Waals surface area contributed by atoms with Crippen LogP contribution in [-0.2, 0) is 0 Å². The molecular weight excluding hydrogens is 204 g/mol. The van der Waals surface area contributed by atoms with Gasteiger partial charge in [-0.3, -0.25) is 0 Å². The standard InChI is InChI=1S/C4H4N2Te/c7-3-4-5-1-2-6-4/h1-3H,(H,5,6). The quantitative estimate of drug-likeness (QED) is 0.631. The second kappa shape index (κ2) is 2.25. The average Bonchev–Trinajstić information content (AvgIpc) is 2.14. The minimum atomic E-state index is 0.935. The molecule has 0 aliphatic carbocycles. The molecule has 0 spiro atoms. The van der Waals surface area contributed by atoms with Gasteiger partial charge >= 0.3 is 54.1 Å². The summed E-state index contributed by atoms with van der Waals surface area (Å²) < 4.78 is 1.93. The molecule has 0 bridgehead atoms. The maximum atomic E-state index is 3.93. The van der Waals surface area contributed by atoms with E-state index in [4.69, 9.17) is 0 Å². The third-order valence-electron chi connectivity index (χ3n) is 0.631. The first-order valence-electron chi connectivity index (χ1n) is 1.88. The van der Waals surface area contributed by atoms with Gasteiger partial charge in [-0.15, -0.1) is 0 Å². The van der Waals surface area contributed by atoms with Gasteiger partial charge in [-0.1, -0.05) is 0 Å². The van der Waals surface area contributed by atoms with Crippen LogP contribution >= 0.6 is 0 Å². The zero-order valence-corrected chi connectivity index (χ0v) is 5.92. The molecule has 0 aromatic carbocycles. The zero-order valence-electron chi connectivity index (χ0n) is 3.59. The summed E-state index contributed by atoms with van der Waals surface area (Å²) in [7, 11) is 0. The Kier molecular flexibility index (Phi) is 1.61. The number of aromatic amines is 1. The number of nitrogens with one attached hydrogen (secondary N) is 1. The molecule has 0 saturated heterocycles. The molecule has 7 heavy (non-hydrogen) atoms. The van der Waals surface area contributed by atoms with E-state index in [1.165, 1.54) is 0 Å². The van der Waals surface area contributed by atoms with E-state index in [1.54, 1.807) is 12.4 Å². The molecule has 0 unspecified atom stereocenters. The van der Waals surface area contributed by atoms with Crippen LogP contribution in [0.3, 0.4) is 0 Å². The molecule has 36 valence electrons. The van der Waals surface area contributed by atoms with Crippen molar-refractivity contribution in [2.24, 2.45) is 0 Å². The van der Waals surface area contributed by atoms with Gasteiger partial charge in [-0.25, -0.2) is 0 Å². The summed E-state index contributed by atoms with van der Waals surface area (Å²) in [5.41, 5.74) is 0. The van der Waals surface area contributed by atoms with Crippen LogP contribution in [0.4, 0.5) is 0 Å². The zero-order chi connectivity index (χ0) is 5.11. The first kappa shape index (κ1) is 5.02. The molecule has 1 rings (SSSR count). The predicted octanol–water partition coefficient (Wildman–Crippen LogP) is -0.272. The van der Waals surface area contributed by atoms with Crippen LogP contribution in [0.15, 0.2) is 12.4 Å². The fourth-order valence-corrected chi connectivity index (χ4v) is 0.710. The maximum absolute atomic E-state index is 3.93. The van der Waals surface area contributed by atoms with Crippen molar-refractivity contribution < 1.29 is 0 Å². The molecule has 0 fully saturated rings. The molecule has 1 heterocycles. The summed E-state index contributed by atoms with van der Waals surface area (Å²) in [5, 5.41) is 0. The van der Waals surface area contributed by atoms with Crippen molar-refractivity contribution in [3.8, 4) is 0 Å². The number of imidazole rings is 1. The van der Waals surface area contributed by atoms with Crippen LogP contribution in [0.1, 0.15) is 5.82 Å². The number of aromatic nitrogens is 2. The topological polar surface area (TPSA) is 28.7 Å². The van der Waals surface area contributed by atoms with Crippen LogP contribution in [0, 0.1) is 0 Å². The van der Waals surface area contributed by atoms with E-state index in [0.29, 0.717) is 0 Å². The van der Waals surface area contributed by atoms with Gasteiger partial charge in [0.25, 0.3) is 0 Å². The van der Waals surface area contributed by atoms with Gasteiger partial charge in [-0.2, -0.15) is 0 Å². The van der Waals surface area contributed by atoms with Gasteiger partial charge in [0.2, 0.25) is 0 Å².